The van der Waals surface area contributed by atoms with Crippen molar-refractivity contribution in [3.8, 4) is 33.8 Å². The lowest BCUT2D eigenvalue weighted by Crippen LogP contribution is -2.31. The van der Waals surface area contributed by atoms with Crippen LogP contribution in [-0.2, 0) is 43.5 Å². The Morgan fingerprint density at radius 3 is 1.15 bits per heavy atom. The van der Waals surface area contributed by atoms with Gasteiger partial charge in [-0.05, 0) is 74.2 Å². The van der Waals surface area contributed by atoms with Gasteiger partial charge in [0.25, 0.3) is 0 Å². The molecule has 0 N–H and O–H groups in total. The van der Waals surface area contributed by atoms with E-state index in [0.717, 1.165) is 33.4 Å². The Morgan fingerprint density at radius 2 is 0.831 bits per heavy atom. The Balaban J connectivity index is 1.69. The first kappa shape index (κ1) is 45.0. The van der Waals surface area contributed by atoms with Gasteiger partial charge in [0.05, 0.1) is 0 Å². The molecule has 0 radical (unpaired) electrons. The summed E-state index contributed by atoms with van der Waals surface area (Å²) in [5, 5.41) is 0. The monoisotopic (exact) mass is 800 g/mol. The zero-order valence-corrected chi connectivity index (χ0v) is 34.6. The Morgan fingerprint density at radius 1 is 0.492 bits per heavy atom. The Labute approximate surface area is 346 Å². The molecule has 2 unspecified atom stereocenters. The molecule has 10 nitrogen and oxygen atoms in total. The number of benzene rings is 4. The molecule has 2 atom stereocenters. The van der Waals surface area contributed by atoms with Gasteiger partial charge in [-0.15, -0.1) is 0 Å². The van der Waals surface area contributed by atoms with E-state index in [-0.39, 0.29) is 48.7 Å². The number of ether oxygens (including phenoxy) is 6. The van der Waals surface area contributed by atoms with Crippen LogP contribution in [0.4, 0.5) is 0 Å². The number of esters is 4. The molecule has 0 fully saturated rings. The number of carbonyl (C=O) groups is 4. The van der Waals surface area contributed by atoms with E-state index in [2.05, 4.69) is 52.3 Å². The first-order valence-corrected chi connectivity index (χ1v) is 19.0. The van der Waals surface area contributed by atoms with E-state index in [1.54, 1.807) is 0 Å². The predicted octanol–water partition coefficient (Wildman–Crippen LogP) is 9.32. The summed E-state index contributed by atoms with van der Waals surface area (Å²) < 4.78 is 34.4. The number of carbonyl (C=O) groups excluding carboxylic acids is 4. The van der Waals surface area contributed by atoms with Gasteiger partial charge in [0.15, 0.2) is 12.2 Å². The van der Waals surface area contributed by atoms with Crippen LogP contribution in [0.25, 0.3) is 22.3 Å². The molecular weight excluding hydrogens is 749 g/mol. The molecule has 59 heavy (non-hydrogen) atoms. The smallest absolute Gasteiger partial charge is 0.333 e. The van der Waals surface area contributed by atoms with Crippen molar-refractivity contribution < 1.29 is 47.6 Å². The molecule has 10 heteroatoms. The highest BCUT2D eigenvalue weighted by Crippen LogP contribution is 2.41. The molecule has 0 amide bonds. The summed E-state index contributed by atoms with van der Waals surface area (Å²) in [5.41, 5.74) is 5.60. The van der Waals surface area contributed by atoms with E-state index < -0.39 is 41.5 Å². The van der Waals surface area contributed by atoms with Gasteiger partial charge in [-0.25, -0.2) is 19.2 Å². The van der Waals surface area contributed by atoms with Crippen LogP contribution in [0.1, 0.15) is 52.7 Å². The van der Waals surface area contributed by atoms with Crippen molar-refractivity contribution in [2.75, 3.05) is 26.4 Å². The summed E-state index contributed by atoms with van der Waals surface area (Å²) in [6, 6.07) is 31.4. The minimum Gasteiger partial charge on any atom is -0.489 e. The van der Waals surface area contributed by atoms with Crippen LogP contribution in [0, 0.1) is 0 Å². The topological polar surface area (TPSA) is 124 Å². The van der Waals surface area contributed by atoms with Crippen molar-refractivity contribution >= 4 is 23.9 Å². The predicted molar refractivity (Wildman–Crippen MR) is 228 cm³/mol. The molecule has 4 aromatic carbocycles. The van der Waals surface area contributed by atoms with Gasteiger partial charge in [0.2, 0.25) is 0 Å². The minimum atomic E-state index is -0.917. The fourth-order valence-corrected chi connectivity index (χ4v) is 5.63. The third-order valence-electron chi connectivity index (χ3n) is 9.16. The van der Waals surface area contributed by atoms with Crippen LogP contribution in [0.3, 0.4) is 0 Å². The highest BCUT2D eigenvalue weighted by Gasteiger charge is 2.28. The normalized spacial score (nSPS) is 11.9. The van der Waals surface area contributed by atoms with Crippen molar-refractivity contribution in [2.24, 2.45) is 0 Å². The van der Waals surface area contributed by atoms with Crippen LogP contribution in [-0.4, -0.2) is 62.5 Å². The SMILES string of the molecule is C=C(C)C(=O)OCC(COc1ccc(C(C)(C)c2ccc(OCC(COC(=O)C(=C)C)OC(=O)C(=C)C)c(-c3ccccc3)c2)cc1-c1ccccc1)OC(=O)C(=C)C. The van der Waals surface area contributed by atoms with E-state index in [0.29, 0.717) is 11.5 Å². The maximum Gasteiger partial charge on any atom is 0.333 e. The molecule has 4 rings (SSSR count). The summed E-state index contributed by atoms with van der Waals surface area (Å²) in [7, 11) is 0. The lowest BCUT2D eigenvalue weighted by molar-refractivity contribution is -0.155. The molecule has 0 saturated heterocycles. The van der Waals surface area contributed by atoms with E-state index in [9.17, 15) is 19.2 Å². The van der Waals surface area contributed by atoms with E-state index in [1.165, 1.54) is 27.7 Å². The quantitative estimate of drug-likeness (QED) is 0.0485. The molecule has 0 aromatic heterocycles. The zero-order chi connectivity index (χ0) is 43.3. The number of hydrogen-bond donors (Lipinski definition) is 0. The van der Waals surface area contributed by atoms with Gasteiger partial charge < -0.3 is 28.4 Å². The summed E-state index contributed by atoms with van der Waals surface area (Å²) >= 11 is 0. The summed E-state index contributed by atoms with van der Waals surface area (Å²) in [4.78, 5) is 49.3. The lowest BCUT2D eigenvalue weighted by Gasteiger charge is -2.29. The lowest BCUT2D eigenvalue weighted by atomic mass is 9.76. The third-order valence-corrected chi connectivity index (χ3v) is 9.16. The van der Waals surface area contributed by atoms with E-state index in [4.69, 9.17) is 28.4 Å². The standard InChI is InChI=1S/C49H52O10/c1-31(2)45(50)56-29-39(58-47(52)33(5)6)27-54-43-23-21-37(25-41(43)35-17-13-11-14-18-35)49(9,10)38-22-24-44(42(26-38)36-19-15-12-16-20-36)55-28-40(59-48(53)34(7)8)30-57-46(51)32(3)4/h11-26,39-40H,1,3,5,7,27-30H2,2,4,6,8-10H3. The summed E-state index contributed by atoms with van der Waals surface area (Å²) in [6.45, 7) is 24.2. The van der Waals surface area contributed by atoms with Crippen LogP contribution in [0.5, 0.6) is 11.5 Å². The average Bonchev–Trinajstić information content (AvgIpc) is 3.22. The minimum absolute atomic E-state index is 0.101. The molecule has 0 aliphatic carbocycles. The van der Waals surface area contributed by atoms with E-state index in [1.807, 2.05) is 84.9 Å². The van der Waals surface area contributed by atoms with Gasteiger partial charge in [0, 0.05) is 38.8 Å². The second kappa shape index (κ2) is 20.7. The van der Waals surface area contributed by atoms with Crippen LogP contribution >= 0.6 is 0 Å². The fraction of sp³-hybridized carbons (Fsp3) is 0.265. The highest BCUT2D eigenvalue weighted by atomic mass is 16.6. The van der Waals surface area contributed by atoms with Crippen LogP contribution < -0.4 is 9.47 Å². The molecule has 0 aliphatic rings. The largest absolute Gasteiger partial charge is 0.489 e. The Kier molecular flexibility index (Phi) is 15.8. The molecule has 4 aromatic rings. The second-order valence-electron chi connectivity index (χ2n) is 14.8. The van der Waals surface area contributed by atoms with Gasteiger partial charge >= 0.3 is 23.9 Å². The van der Waals surface area contributed by atoms with Gasteiger partial charge in [0.1, 0.15) is 37.9 Å². The fourth-order valence-electron chi connectivity index (χ4n) is 5.63. The molecule has 0 aliphatic heterocycles. The van der Waals surface area contributed by atoms with Gasteiger partial charge in [-0.3, -0.25) is 0 Å². The van der Waals surface area contributed by atoms with Crippen LogP contribution in [0.15, 0.2) is 146 Å². The highest BCUT2D eigenvalue weighted by molar-refractivity contribution is 5.88. The summed E-state index contributed by atoms with van der Waals surface area (Å²) in [5.74, 6) is -1.42. The van der Waals surface area contributed by atoms with Crippen LogP contribution in [0.2, 0.25) is 0 Å². The number of hydrogen-bond acceptors (Lipinski definition) is 10. The maximum absolute atomic E-state index is 12.5. The first-order valence-electron chi connectivity index (χ1n) is 19.0. The van der Waals surface area contributed by atoms with Crippen molar-refractivity contribution in [3.63, 3.8) is 0 Å². The average molecular weight is 801 g/mol. The maximum atomic E-state index is 12.5. The Hall–Kier alpha value is -6.68. The third kappa shape index (κ3) is 12.7. The number of rotatable bonds is 20. The molecule has 0 bridgehead atoms. The first-order chi connectivity index (χ1) is 28.0. The van der Waals surface area contributed by atoms with Crippen molar-refractivity contribution in [1.82, 2.24) is 0 Å². The second-order valence-corrected chi connectivity index (χ2v) is 14.8. The van der Waals surface area contributed by atoms with Gasteiger partial charge in [-0.1, -0.05) is 113 Å². The summed E-state index contributed by atoms with van der Waals surface area (Å²) in [6.07, 6.45) is -1.83. The zero-order valence-electron chi connectivity index (χ0n) is 34.6. The Bertz CT molecular complexity index is 2050. The molecule has 308 valence electrons. The molecular formula is C49H52O10. The molecule has 0 spiro atoms. The van der Waals surface area contributed by atoms with E-state index >= 15 is 0 Å². The van der Waals surface area contributed by atoms with Crippen molar-refractivity contribution in [3.05, 3.63) is 157 Å². The molecule has 0 saturated carbocycles. The molecule has 0 heterocycles. The van der Waals surface area contributed by atoms with Crippen molar-refractivity contribution in [1.29, 1.82) is 0 Å². The van der Waals surface area contributed by atoms with Crippen molar-refractivity contribution in [2.45, 2.75) is 59.2 Å². The van der Waals surface area contributed by atoms with Gasteiger partial charge in [-0.2, -0.15) is 0 Å².